The van der Waals surface area contributed by atoms with E-state index in [1.54, 1.807) is 6.08 Å². The quantitative estimate of drug-likeness (QED) is 0.314. The topological polar surface area (TPSA) is 105 Å². The fraction of sp³-hybridized carbons (Fsp3) is 0.750. The Bertz CT molecular complexity index is 188. The van der Waals surface area contributed by atoms with E-state index in [-0.39, 0.29) is 5.96 Å². The highest BCUT2D eigenvalue weighted by Gasteiger charge is 2.10. The predicted octanol–water partition coefficient (Wildman–Crippen LogP) is 0.493. The lowest BCUT2D eigenvalue weighted by Gasteiger charge is -2.14. The highest BCUT2D eigenvalue weighted by atomic mass is 16.1. The lowest BCUT2D eigenvalue weighted by atomic mass is 9.96. The predicted molar refractivity (Wildman–Crippen MR) is 51.1 cm³/mol. The molecular formula is C8H16N4O. The van der Waals surface area contributed by atoms with E-state index in [0.717, 1.165) is 12.8 Å². The van der Waals surface area contributed by atoms with Gasteiger partial charge in [-0.15, -0.1) is 0 Å². The van der Waals surface area contributed by atoms with Gasteiger partial charge in [0.25, 0.3) is 0 Å². The van der Waals surface area contributed by atoms with Crippen LogP contribution >= 0.6 is 0 Å². The third-order valence-electron chi connectivity index (χ3n) is 1.81. The Labute approximate surface area is 77.7 Å². The number of carbonyl (C=O) groups excluding carboxylic acids is 1. The van der Waals surface area contributed by atoms with E-state index in [2.05, 4.69) is 16.5 Å². The van der Waals surface area contributed by atoms with Crippen LogP contribution in [-0.2, 0) is 4.79 Å². The first-order chi connectivity index (χ1) is 6.16. The van der Waals surface area contributed by atoms with Gasteiger partial charge in [0.1, 0.15) is 0 Å². The van der Waals surface area contributed by atoms with Gasteiger partial charge in [0.05, 0.1) is 6.04 Å². The van der Waals surface area contributed by atoms with Gasteiger partial charge in [0.2, 0.25) is 6.08 Å². The van der Waals surface area contributed by atoms with Crippen molar-refractivity contribution in [2.75, 3.05) is 0 Å². The van der Waals surface area contributed by atoms with Crippen molar-refractivity contribution < 1.29 is 4.79 Å². The Kier molecular flexibility index (Phi) is 6.55. The van der Waals surface area contributed by atoms with Crippen LogP contribution in [-0.4, -0.2) is 18.1 Å². The summed E-state index contributed by atoms with van der Waals surface area (Å²) in [6.07, 6.45) is 7.57. The number of isocyanates is 1. The molecule has 13 heavy (non-hydrogen) atoms. The molecule has 0 aliphatic heterocycles. The van der Waals surface area contributed by atoms with Gasteiger partial charge in [0.15, 0.2) is 5.96 Å². The third kappa shape index (κ3) is 8.56. The minimum atomic E-state index is -0.333. The van der Waals surface area contributed by atoms with E-state index < -0.39 is 0 Å². The number of guanidine groups is 1. The van der Waals surface area contributed by atoms with Crippen molar-refractivity contribution in [1.82, 2.24) is 0 Å². The van der Waals surface area contributed by atoms with Crippen LogP contribution in [0, 0.1) is 5.41 Å². The summed E-state index contributed by atoms with van der Waals surface area (Å²) in [5.74, 6) is -0.333. The molecule has 1 aliphatic carbocycles. The molecule has 0 aromatic carbocycles. The van der Waals surface area contributed by atoms with Crippen molar-refractivity contribution in [2.24, 2.45) is 16.5 Å². The zero-order valence-electron chi connectivity index (χ0n) is 7.62. The maximum absolute atomic E-state index is 9.78. The Morgan fingerprint density at radius 2 is 1.77 bits per heavy atom. The molecule has 0 atom stereocenters. The van der Waals surface area contributed by atoms with Gasteiger partial charge >= 0.3 is 0 Å². The average Bonchev–Trinajstić information content (AvgIpc) is 2.06. The molecular weight excluding hydrogens is 168 g/mol. The number of nitrogens with one attached hydrogen (secondary N) is 1. The largest absolute Gasteiger partial charge is 0.370 e. The summed E-state index contributed by atoms with van der Waals surface area (Å²) in [6.45, 7) is 0. The molecule has 0 bridgehead atoms. The Hall–Kier alpha value is -1.35. The van der Waals surface area contributed by atoms with E-state index in [4.69, 9.17) is 5.41 Å². The average molecular weight is 184 g/mol. The molecule has 5 nitrogen and oxygen atoms in total. The van der Waals surface area contributed by atoms with Crippen LogP contribution in [0.2, 0.25) is 0 Å². The van der Waals surface area contributed by atoms with Crippen LogP contribution in [0.15, 0.2) is 4.99 Å². The van der Waals surface area contributed by atoms with E-state index in [0.29, 0.717) is 6.04 Å². The third-order valence-corrected chi connectivity index (χ3v) is 1.81. The van der Waals surface area contributed by atoms with E-state index >= 15 is 0 Å². The van der Waals surface area contributed by atoms with Crippen LogP contribution < -0.4 is 11.5 Å². The molecule has 1 rings (SSSR count). The van der Waals surface area contributed by atoms with Crippen molar-refractivity contribution in [2.45, 2.75) is 38.1 Å². The Balaban J connectivity index is 0.000000310. The number of nitrogens with zero attached hydrogens (tertiary/aromatic N) is 1. The van der Waals surface area contributed by atoms with Crippen LogP contribution in [0.25, 0.3) is 0 Å². The second-order valence-corrected chi connectivity index (χ2v) is 2.97. The van der Waals surface area contributed by atoms with Gasteiger partial charge < -0.3 is 11.5 Å². The fourth-order valence-electron chi connectivity index (χ4n) is 1.28. The molecule has 0 spiro atoms. The van der Waals surface area contributed by atoms with Crippen molar-refractivity contribution in [3.8, 4) is 0 Å². The van der Waals surface area contributed by atoms with Crippen LogP contribution in [0.4, 0.5) is 0 Å². The first-order valence-electron chi connectivity index (χ1n) is 4.33. The van der Waals surface area contributed by atoms with E-state index in [1.165, 1.54) is 19.3 Å². The summed E-state index contributed by atoms with van der Waals surface area (Å²) in [7, 11) is 0. The molecule has 1 aliphatic rings. The van der Waals surface area contributed by atoms with Crippen molar-refractivity contribution in [3.63, 3.8) is 0 Å². The van der Waals surface area contributed by atoms with Gasteiger partial charge in [-0.25, -0.2) is 9.79 Å². The minimum absolute atomic E-state index is 0.302. The molecule has 0 aromatic rings. The van der Waals surface area contributed by atoms with Crippen molar-refractivity contribution >= 4 is 12.0 Å². The second-order valence-electron chi connectivity index (χ2n) is 2.97. The highest BCUT2D eigenvalue weighted by Crippen LogP contribution is 2.19. The Morgan fingerprint density at radius 1 is 1.31 bits per heavy atom. The van der Waals surface area contributed by atoms with Crippen LogP contribution in [0.5, 0.6) is 0 Å². The lowest BCUT2D eigenvalue weighted by Crippen LogP contribution is -2.20. The zero-order chi connectivity index (χ0) is 10.1. The molecule has 0 heterocycles. The van der Waals surface area contributed by atoms with Crippen LogP contribution in [0.1, 0.15) is 32.1 Å². The summed E-state index contributed by atoms with van der Waals surface area (Å²) >= 11 is 0. The van der Waals surface area contributed by atoms with Gasteiger partial charge in [-0.2, -0.15) is 0 Å². The summed E-state index contributed by atoms with van der Waals surface area (Å²) in [5.41, 5.74) is 8.94. The number of hydrogen-bond acceptors (Lipinski definition) is 3. The maximum Gasteiger partial charge on any atom is 0.235 e. The molecule has 0 radical (unpaired) electrons. The van der Waals surface area contributed by atoms with Gasteiger partial charge in [-0.3, -0.25) is 5.41 Å². The first kappa shape index (κ1) is 11.6. The van der Waals surface area contributed by atoms with E-state index in [1.807, 2.05) is 0 Å². The van der Waals surface area contributed by atoms with Gasteiger partial charge in [-0.05, 0) is 12.8 Å². The molecule has 0 saturated heterocycles. The summed E-state index contributed by atoms with van der Waals surface area (Å²) in [5, 5.41) is 6.06. The number of aliphatic imine (C=N–C) groups is 1. The van der Waals surface area contributed by atoms with Gasteiger partial charge in [-0.1, -0.05) is 19.3 Å². The first-order valence-corrected chi connectivity index (χ1v) is 4.33. The smallest absolute Gasteiger partial charge is 0.235 e. The number of nitrogens with two attached hydrogens (primary N) is 2. The summed E-state index contributed by atoms with van der Waals surface area (Å²) in [4.78, 5) is 13.5. The molecule has 1 saturated carbocycles. The molecule has 0 amide bonds. The standard InChI is InChI=1S/C7H11NO.CH5N3/c9-6-8-7-4-2-1-3-5-7;2-1(3)4/h7H,1-5H2;(H5,2,3,4). The Morgan fingerprint density at radius 3 is 2.15 bits per heavy atom. The second kappa shape index (κ2) is 7.31. The summed E-state index contributed by atoms with van der Waals surface area (Å²) in [6, 6.07) is 0.302. The fourth-order valence-corrected chi connectivity index (χ4v) is 1.28. The maximum atomic E-state index is 9.78. The zero-order valence-corrected chi connectivity index (χ0v) is 7.62. The minimum Gasteiger partial charge on any atom is -0.370 e. The molecule has 0 aromatic heterocycles. The molecule has 5 heteroatoms. The highest BCUT2D eigenvalue weighted by molar-refractivity contribution is 5.71. The van der Waals surface area contributed by atoms with Crippen LogP contribution in [0.3, 0.4) is 0 Å². The molecule has 0 unspecified atom stereocenters. The van der Waals surface area contributed by atoms with Gasteiger partial charge in [0, 0.05) is 0 Å². The lowest BCUT2D eigenvalue weighted by molar-refractivity contribution is 0.439. The summed E-state index contributed by atoms with van der Waals surface area (Å²) < 4.78 is 0. The number of hydrogen-bond donors (Lipinski definition) is 3. The van der Waals surface area contributed by atoms with E-state index in [9.17, 15) is 4.79 Å². The SMILES string of the molecule is N=C(N)N.O=C=NC1CCCCC1. The van der Waals surface area contributed by atoms with Crippen molar-refractivity contribution in [1.29, 1.82) is 5.41 Å². The molecule has 1 fully saturated rings. The monoisotopic (exact) mass is 184 g/mol. The molecule has 5 N–H and O–H groups in total. The number of rotatable bonds is 1. The molecule has 74 valence electrons. The normalized spacial score (nSPS) is 16.3. The van der Waals surface area contributed by atoms with Crippen molar-refractivity contribution in [3.05, 3.63) is 0 Å².